The molecular weight excluding hydrogens is 442 g/mol. The molecule has 0 saturated heterocycles. The van der Waals surface area contributed by atoms with Crippen molar-refractivity contribution in [2.75, 3.05) is 20.8 Å². The average Bonchev–Trinajstić information content (AvgIpc) is 3.25. The maximum atomic E-state index is 12.8. The van der Waals surface area contributed by atoms with E-state index in [0.717, 1.165) is 34.6 Å². The van der Waals surface area contributed by atoms with Gasteiger partial charge in [-0.2, -0.15) is 0 Å². The van der Waals surface area contributed by atoms with Crippen LogP contribution in [0.25, 0.3) is 11.0 Å². The maximum absolute atomic E-state index is 12.8. The van der Waals surface area contributed by atoms with Crippen LogP contribution in [-0.2, 0) is 19.5 Å². The number of benzene rings is 3. The van der Waals surface area contributed by atoms with Crippen LogP contribution >= 0.6 is 0 Å². The van der Waals surface area contributed by atoms with Crippen molar-refractivity contribution < 1.29 is 19.0 Å². The molecule has 0 bridgehead atoms. The number of para-hydroxylation sites is 3. The summed E-state index contributed by atoms with van der Waals surface area (Å²) in [6.45, 7) is 5.15. The zero-order valence-corrected chi connectivity index (χ0v) is 20.0. The van der Waals surface area contributed by atoms with Crippen LogP contribution in [-0.4, -0.2) is 36.3 Å². The molecule has 0 unspecified atom stereocenters. The first kappa shape index (κ1) is 23.9. The Morgan fingerprint density at radius 1 is 1.00 bits per heavy atom. The molecule has 0 aliphatic heterocycles. The van der Waals surface area contributed by atoms with Crippen LogP contribution in [0.4, 0.5) is 0 Å². The molecule has 0 aliphatic carbocycles. The van der Waals surface area contributed by atoms with E-state index in [2.05, 4.69) is 16.5 Å². The van der Waals surface area contributed by atoms with Crippen LogP contribution in [0.15, 0.2) is 79.4 Å². The van der Waals surface area contributed by atoms with Crippen LogP contribution in [0.1, 0.15) is 21.7 Å². The normalized spacial score (nSPS) is 10.7. The number of allylic oxidation sites excluding steroid dienone is 1. The predicted octanol–water partition coefficient (Wildman–Crippen LogP) is 4.79. The molecule has 0 radical (unpaired) electrons. The van der Waals surface area contributed by atoms with Gasteiger partial charge >= 0.3 is 0 Å². The molecular formula is C28H29N3O4. The van der Waals surface area contributed by atoms with Gasteiger partial charge in [-0.15, -0.1) is 6.58 Å². The highest BCUT2D eigenvalue weighted by atomic mass is 16.5. The van der Waals surface area contributed by atoms with Crippen molar-refractivity contribution in [2.24, 2.45) is 0 Å². The van der Waals surface area contributed by atoms with Crippen molar-refractivity contribution in [2.45, 2.75) is 19.5 Å². The van der Waals surface area contributed by atoms with E-state index in [1.807, 2.05) is 54.6 Å². The van der Waals surface area contributed by atoms with Gasteiger partial charge in [0, 0.05) is 5.56 Å². The summed E-state index contributed by atoms with van der Waals surface area (Å²) in [6.07, 6.45) is 2.61. The topological polar surface area (TPSA) is 74.6 Å². The van der Waals surface area contributed by atoms with Gasteiger partial charge in [0.25, 0.3) is 5.91 Å². The van der Waals surface area contributed by atoms with E-state index in [-0.39, 0.29) is 12.5 Å². The molecule has 1 N–H and O–H groups in total. The Hall–Kier alpha value is -4.26. The molecule has 180 valence electrons. The minimum atomic E-state index is -0.223. The Kier molecular flexibility index (Phi) is 7.67. The van der Waals surface area contributed by atoms with Crippen molar-refractivity contribution in [3.8, 4) is 17.2 Å². The Bertz CT molecular complexity index is 1330. The predicted molar refractivity (Wildman–Crippen MR) is 136 cm³/mol. The monoisotopic (exact) mass is 471 g/mol. The summed E-state index contributed by atoms with van der Waals surface area (Å²) in [6, 6.07) is 21.0. The van der Waals surface area contributed by atoms with E-state index in [1.54, 1.807) is 32.4 Å². The van der Waals surface area contributed by atoms with Gasteiger partial charge in [-0.1, -0.05) is 36.4 Å². The highest BCUT2D eigenvalue weighted by molar-refractivity contribution is 5.94. The van der Waals surface area contributed by atoms with Crippen molar-refractivity contribution in [3.63, 3.8) is 0 Å². The molecule has 0 saturated carbocycles. The van der Waals surface area contributed by atoms with Gasteiger partial charge in [-0.3, -0.25) is 4.79 Å². The number of carbonyl (C=O) groups is 1. The van der Waals surface area contributed by atoms with Gasteiger partial charge in [0.2, 0.25) is 0 Å². The Morgan fingerprint density at radius 3 is 2.57 bits per heavy atom. The lowest BCUT2D eigenvalue weighted by molar-refractivity contribution is 0.0949. The van der Waals surface area contributed by atoms with Gasteiger partial charge in [0.15, 0.2) is 11.5 Å². The van der Waals surface area contributed by atoms with Crippen LogP contribution in [0, 0.1) is 0 Å². The molecule has 0 fully saturated rings. The van der Waals surface area contributed by atoms with Crippen LogP contribution in [0.5, 0.6) is 17.2 Å². The standard InChI is InChI=1S/C28H29N3O4/c1-4-9-20-10-5-8-13-24(20)35-17-16-31-23-12-7-6-11-22(23)30-27(31)19-29-28(32)21-14-15-25(33-2)26(18-21)34-3/h4-8,10-15,18H,1,9,16-17,19H2,2-3H3,(H,29,32). The number of ether oxygens (including phenoxy) is 3. The smallest absolute Gasteiger partial charge is 0.251 e. The summed E-state index contributed by atoms with van der Waals surface area (Å²) < 4.78 is 18.7. The second-order valence-corrected chi connectivity index (χ2v) is 7.87. The first-order chi connectivity index (χ1) is 17.1. The summed E-state index contributed by atoms with van der Waals surface area (Å²) in [7, 11) is 3.10. The van der Waals surface area contributed by atoms with E-state index in [0.29, 0.717) is 30.2 Å². The number of hydrogen-bond acceptors (Lipinski definition) is 5. The fourth-order valence-electron chi connectivity index (χ4n) is 3.96. The van der Waals surface area contributed by atoms with E-state index >= 15 is 0 Å². The molecule has 0 spiro atoms. The number of amides is 1. The number of rotatable bonds is 11. The number of aromatic nitrogens is 2. The molecule has 7 heteroatoms. The van der Waals surface area contributed by atoms with E-state index in [9.17, 15) is 4.79 Å². The van der Waals surface area contributed by atoms with E-state index in [1.165, 1.54) is 0 Å². The molecule has 4 aromatic rings. The number of nitrogens with zero attached hydrogens (tertiary/aromatic N) is 2. The number of hydrogen-bond donors (Lipinski definition) is 1. The molecule has 0 atom stereocenters. The van der Waals surface area contributed by atoms with Gasteiger partial charge in [0.1, 0.15) is 18.2 Å². The van der Waals surface area contributed by atoms with Crippen molar-refractivity contribution in [3.05, 3.63) is 96.3 Å². The first-order valence-corrected chi connectivity index (χ1v) is 11.4. The first-order valence-electron chi connectivity index (χ1n) is 11.4. The molecule has 35 heavy (non-hydrogen) atoms. The maximum Gasteiger partial charge on any atom is 0.251 e. The average molecular weight is 472 g/mol. The third-order valence-corrected chi connectivity index (χ3v) is 5.70. The van der Waals surface area contributed by atoms with Gasteiger partial charge in [0.05, 0.1) is 38.3 Å². The zero-order valence-electron chi connectivity index (χ0n) is 20.0. The lowest BCUT2D eigenvalue weighted by Gasteiger charge is -2.14. The second kappa shape index (κ2) is 11.2. The molecule has 4 rings (SSSR count). The lowest BCUT2D eigenvalue weighted by atomic mass is 10.1. The molecule has 1 aromatic heterocycles. The van der Waals surface area contributed by atoms with Crippen LogP contribution in [0.2, 0.25) is 0 Å². The van der Waals surface area contributed by atoms with Crippen molar-refractivity contribution in [1.82, 2.24) is 14.9 Å². The number of imidazole rings is 1. The molecule has 1 amide bonds. The largest absolute Gasteiger partial charge is 0.493 e. The second-order valence-electron chi connectivity index (χ2n) is 7.87. The highest BCUT2D eigenvalue weighted by Gasteiger charge is 2.14. The van der Waals surface area contributed by atoms with Crippen LogP contribution < -0.4 is 19.5 Å². The third kappa shape index (κ3) is 5.46. The molecule has 0 aliphatic rings. The summed E-state index contributed by atoms with van der Waals surface area (Å²) in [5, 5.41) is 2.97. The fraction of sp³-hybridized carbons (Fsp3) is 0.214. The molecule has 3 aromatic carbocycles. The lowest BCUT2D eigenvalue weighted by Crippen LogP contribution is -2.25. The number of nitrogens with one attached hydrogen (secondary N) is 1. The Labute approximate surface area is 205 Å². The van der Waals surface area contributed by atoms with Gasteiger partial charge in [-0.25, -0.2) is 4.98 Å². The quantitative estimate of drug-likeness (QED) is 0.318. The number of fused-ring (bicyclic) bond motifs is 1. The van der Waals surface area contributed by atoms with Gasteiger partial charge in [-0.05, 0) is 48.4 Å². The number of methoxy groups -OCH3 is 2. The summed E-state index contributed by atoms with van der Waals surface area (Å²) in [4.78, 5) is 17.6. The van der Waals surface area contributed by atoms with E-state index in [4.69, 9.17) is 19.2 Å². The van der Waals surface area contributed by atoms with Gasteiger partial charge < -0.3 is 24.1 Å². The Morgan fingerprint density at radius 2 is 1.77 bits per heavy atom. The SMILES string of the molecule is C=CCc1ccccc1OCCn1c(CNC(=O)c2ccc(OC)c(OC)c2)nc2ccccc21. The number of carbonyl (C=O) groups excluding carboxylic acids is 1. The summed E-state index contributed by atoms with van der Waals surface area (Å²) in [5.74, 6) is 2.45. The summed E-state index contributed by atoms with van der Waals surface area (Å²) in [5.41, 5.74) is 3.44. The molecule has 7 nitrogen and oxygen atoms in total. The minimum absolute atomic E-state index is 0.223. The van der Waals surface area contributed by atoms with Crippen molar-refractivity contribution in [1.29, 1.82) is 0 Å². The van der Waals surface area contributed by atoms with Crippen molar-refractivity contribution >= 4 is 16.9 Å². The third-order valence-electron chi connectivity index (χ3n) is 5.70. The fourth-order valence-corrected chi connectivity index (χ4v) is 3.96. The Balaban J connectivity index is 1.49. The zero-order chi connectivity index (χ0) is 24.6. The molecule has 1 heterocycles. The minimum Gasteiger partial charge on any atom is -0.493 e. The highest BCUT2D eigenvalue weighted by Crippen LogP contribution is 2.27. The van der Waals surface area contributed by atoms with Crippen LogP contribution in [0.3, 0.4) is 0 Å². The summed E-state index contributed by atoms with van der Waals surface area (Å²) >= 11 is 0. The van der Waals surface area contributed by atoms with E-state index < -0.39 is 0 Å².